The van der Waals surface area contributed by atoms with Crippen LogP contribution in [-0.2, 0) is 6.54 Å². The summed E-state index contributed by atoms with van der Waals surface area (Å²) in [5, 5.41) is 5.27. The molecule has 1 saturated carbocycles. The standard InChI is InChI=1S/C22H27N3O4/c1-23-21(27)17-13-25(16-9-4-3-5-10-16)14-18(20(17)26)22(28)24-12-15-8-6-7-11-19(15)29-2/h6-8,11,13-14,16H,3-5,9-10,12H2,1-2H3,(H,23,27)(H,24,28). The lowest BCUT2D eigenvalue weighted by Gasteiger charge is -2.25. The maximum atomic E-state index is 12.8. The molecule has 1 aromatic heterocycles. The van der Waals surface area contributed by atoms with Crippen molar-refractivity contribution in [3.63, 3.8) is 0 Å². The highest BCUT2D eigenvalue weighted by atomic mass is 16.5. The predicted molar refractivity (Wildman–Crippen MR) is 110 cm³/mol. The number of nitrogens with one attached hydrogen (secondary N) is 2. The van der Waals surface area contributed by atoms with Crippen LogP contribution in [0, 0.1) is 0 Å². The fraction of sp³-hybridized carbons (Fsp3) is 0.409. The minimum atomic E-state index is -0.561. The van der Waals surface area contributed by atoms with Crippen LogP contribution in [0.1, 0.15) is 64.4 Å². The largest absolute Gasteiger partial charge is 0.496 e. The van der Waals surface area contributed by atoms with Gasteiger partial charge in [0.2, 0.25) is 5.43 Å². The molecule has 1 heterocycles. The molecule has 0 bridgehead atoms. The predicted octanol–water partition coefficient (Wildman–Crippen LogP) is 2.65. The van der Waals surface area contributed by atoms with E-state index in [-0.39, 0.29) is 23.7 Å². The molecular formula is C22H27N3O4. The number of rotatable bonds is 6. The van der Waals surface area contributed by atoms with E-state index in [1.165, 1.54) is 13.5 Å². The van der Waals surface area contributed by atoms with E-state index in [9.17, 15) is 14.4 Å². The minimum Gasteiger partial charge on any atom is -0.496 e. The molecule has 2 N–H and O–H groups in total. The zero-order valence-electron chi connectivity index (χ0n) is 16.9. The zero-order chi connectivity index (χ0) is 20.8. The maximum Gasteiger partial charge on any atom is 0.257 e. The Morgan fingerprint density at radius 1 is 1.07 bits per heavy atom. The summed E-state index contributed by atoms with van der Waals surface area (Å²) >= 11 is 0. The van der Waals surface area contributed by atoms with Gasteiger partial charge in [0.05, 0.1) is 7.11 Å². The first kappa shape index (κ1) is 20.6. The monoisotopic (exact) mass is 397 g/mol. The van der Waals surface area contributed by atoms with Crippen molar-refractivity contribution < 1.29 is 14.3 Å². The van der Waals surface area contributed by atoms with E-state index < -0.39 is 17.2 Å². The summed E-state index contributed by atoms with van der Waals surface area (Å²) in [6, 6.07) is 7.55. The molecule has 1 fully saturated rings. The van der Waals surface area contributed by atoms with Gasteiger partial charge in [-0.05, 0) is 18.9 Å². The van der Waals surface area contributed by atoms with E-state index in [0.29, 0.717) is 5.75 Å². The van der Waals surface area contributed by atoms with Gasteiger partial charge in [-0.3, -0.25) is 14.4 Å². The Balaban J connectivity index is 1.90. The van der Waals surface area contributed by atoms with Gasteiger partial charge in [0.25, 0.3) is 11.8 Å². The van der Waals surface area contributed by atoms with Gasteiger partial charge in [-0.2, -0.15) is 0 Å². The fourth-order valence-electron chi connectivity index (χ4n) is 3.77. The Morgan fingerprint density at radius 3 is 2.38 bits per heavy atom. The second-order valence-electron chi connectivity index (χ2n) is 7.23. The molecule has 29 heavy (non-hydrogen) atoms. The Morgan fingerprint density at radius 2 is 1.72 bits per heavy atom. The summed E-state index contributed by atoms with van der Waals surface area (Å²) < 4.78 is 7.16. The molecule has 1 aromatic carbocycles. The number of ether oxygens (including phenoxy) is 1. The van der Waals surface area contributed by atoms with Crippen LogP contribution in [0.5, 0.6) is 5.75 Å². The summed E-state index contributed by atoms with van der Waals surface area (Å²) in [6.07, 6.45) is 8.49. The van der Waals surface area contributed by atoms with Gasteiger partial charge in [0.1, 0.15) is 16.9 Å². The van der Waals surface area contributed by atoms with Crippen molar-refractivity contribution >= 4 is 11.8 Å². The first-order valence-electron chi connectivity index (χ1n) is 9.93. The number of para-hydroxylation sites is 1. The fourth-order valence-corrected chi connectivity index (χ4v) is 3.77. The molecule has 2 amide bonds. The lowest BCUT2D eigenvalue weighted by Crippen LogP contribution is -2.35. The number of nitrogens with zero attached hydrogens (tertiary/aromatic N) is 1. The summed E-state index contributed by atoms with van der Waals surface area (Å²) in [7, 11) is 3.04. The van der Waals surface area contributed by atoms with E-state index in [0.717, 1.165) is 31.2 Å². The summed E-state index contributed by atoms with van der Waals surface area (Å²) in [6.45, 7) is 0.218. The van der Waals surface area contributed by atoms with Crippen LogP contribution >= 0.6 is 0 Å². The molecule has 0 spiro atoms. The molecule has 7 heteroatoms. The third-order valence-corrected chi connectivity index (χ3v) is 5.39. The van der Waals surface area contributed by atoms with Crippen molar-refractivity contribution in [1.29, 1.82) is 0 Å². The van der Waals surface area contributed by atoms with Crippen LogP contribution in [-0.4, -0.2) is 30.5 Å². The third-order valence-electron chi connectivity index (χ3n) is 5.39. The quantitative estimate of drug-likeness (QED) is 0.784. The molecule has 3 rings (SSSR count). The Labute approximate surface area is 170 Å². The topological polar surface area (TPSA) is 89.4 Å². The van der Waals surface area contributed by atoms with Gasteiger partial charge < -0.3 is 19.9 Å². The van der Waals surface area contributed by atoms with Gasteiger partial charge in [-0.1, -0.05) is 37.5 Å². The maximum absolute atomic E-state index is 12.8. The van der Waals surface area contributed by atoms with Crippen LogP contribution in [0.25, 0.3) is 0 Å². The second-order valence-corrected chi connectivity index (χ2v) is 7.23. The second kappa shape index (κ2) is 9.41. The number of carbonyl (C=O) groups excluding carboxylic acids is 2. The molecule has 0 radical (unpaired) electrons. The average Bonchev–Trinajstić information content (AvgIpc) is 2.77. The van der Waals surface area contributed by atoms with Gasteiger partial charge in [-0.15, -0.1) is 0 Å². The molecular weight excluding hydrogens is 370 g/mol. The summed E-state index contributed by atoms with van der Waals surface area (Å²) in [5.74, 6) is -0.332. The van der Waals surface area contributed by atoms with Gasteiger partial charge >= 0.3 is 0 Å². The molecule has 0 unspecified atom stereocenters. The highest BCUT2D eigenvalue weighted by Gasteiger charge is 2.22. The Bertz CT molecular complexity index is 945. The number of methoxy groups -OCH3 is 1. The molecule has 0 aliphatic heterocycles. The average molecular weight is 397 g/mol. The summed E-state index contributed by atoms with van der Waals surface area (Å²) in [4.78, 5) is 37.9. The van der Waals surface area contributed by atoms with E-state index in [1.54, 1.807) is 19.5 Å². The number of benzene rings is 1. The molecule has 0 atom stereocenters. The lowest BCUT2D eigenvalue weighted by molar-refractivity contribution is 0.0948. The number of pyridine rings is 1. The van der Waals surface area contributed by atoms with Gasteiger partial charge in [-0.25, -0.2) is 0 Å². The molecule has 1 aliphatic carbocycles. The van der Waals surface area contributed by atoms with Crippen molar-refractivity contribution in [1.82, 2.24) is 15.2 Å². The van der Waals surface area contributed by atoms with Crippen molar-refractivity contribution in [2.75, 3.05) is 14.2 Å². The molecule has 2 aromatic rings. The minimum absolute atomic E-state index is 0.0111. The normalized spacial score (nSPS) is 14.3. The van der Waals surface area contributed by atoms with Gasteiger partial charge in [0.15, 0.2) is 0 Å². The molecule has 0 saturated heterocycles. The van der Waals surface area contributed by atoms with Crippen LogP contribution in [0.3, 0.4) is 0 Å². The number of aromatic nitrogens is 1. The highest BCUT2D eigenvalue weighted by Crippen LogP contribution is 2.28. The SMILES string of the molecule is CNC(=O)c1cn(C2CCCCC2)cc(C(=O)NCc2ccccc2OC)c1=O. The van der Waals surface area contributed by atoms with Crippen molar-refractivity contribution in [2.45, 2.75) is 44.7 Å². The molecule has 1 aliphatic rings. The third kappa shape index (κ3) is 4.67. The Kier molecular flexibility index (Phi) is 6.69. The Hall–Kier alpha value is -3.09. The molecule has 7 nitrogen and oxygen atoms in total. The highest BCUT2D eigenvalue weighted by molar-refractivity contribution is 5.99. The lowest BCUT2D eigenvalue weighted by atomic mass is 9.95. The summed E-state index contributed by atoms with van der Waals surface area (Å²) in [5.41, 5.74) is 0.210. The smallest absolute Gasteiger partial charge is 0.257 e. The van der Waals surface area contributed by atoms with Crippen molar-refractivity contribution in [3.8, 4) is 5.75 Å². The van der Waals surface area contributed by atoms with Crippen molar-refractivity contribution in [2.24, 2.45) is 0 Å². The van der Waals surface area contributed by atoms with E-state index >= 15 is 0 Å². The zero-order valence-corrected chi connectivity index (χ0v) is 16.9. The van der Waals surface area contributed by atoms with Crippen molar-refractivity contribution in [3.05, 3.63) is 63.6 Å². The van der Waals surface area contributed by atoms with Crippen LogP contribution in [0.4, 0.5) is 0 Å². The van der Waals surface area contributed by atoms with E-state index in [2.05, 4.69) is 10.6 Å². The van der Waals surface area contributed by atoms with Crippen LogP contribution < -0.4 is 20.8 Å². The van der Waals surface area contributed by atoms with Crippen LogP contribution in [0.15, 0.2) is 41.5 Å². The van der Waals surface area contributed by atoms with E-state index in [4.69, 9.17) is 4.74 Å². The van der Waals surface area contributed by atoms with Crippen LogP contribution in [0.2, 0.25) is 0 Å². The molecule has 154 valence electrons. The number of hydrogen-bond acceptors (Lipinski definition) is 4. The first-order chi connectivity index (χ1) is 14.0. The number of carbonyl (C=O) groups is 2. The number of hydrogen-bond donors (Lipinski definition) is 2. The van der Waals surface area contributed by atoms with E-state index in [1.807, 2.05) is 28.8 Å². The van der Waals surface area contributed by atoms with Gasteiger partial charge in [0, 0.05) is 37.6 Å². The first-order valence-corrected chi connectivity index (χ1v) is 9.93. The number of amides is 2.